The van der Waals surface area contributed by atoms with E-state index in [1.54, 1.807) is 6.92 Å². The van der Waals surface area contributed by atoms with Gasteiger partial charge in [0.05, 0.1) is 6.04 Å². The van der Waals surface area contributed by atoms with E-state index >= 15 is 0 Å². The SMILES string of the molecule is COC(OC)C(C)NC(=O)COCC(=O)O. The molecule has 0 fully saturated rings. The van der Waals surface area contributed by atoms with Gasteiger partial charge < -0.3 is 24.6 Å². The molecule has 7 heteroatoms. The Balaban J connectivity index is 3.81. The van der Waals surface area contributed by atoms with Crippen molar-refractivity contribution in [3.8, 4) is 0 Å². The zero-order chi connectivity index (χ0) is 12.6. The van der Waals surface area contributed by atoms with Gasteiger partial charge in [-0.05, 0) is 6.92 Å². The van der Waals surface area contributed by atoms with Gasteiger partial charge in [0.15, 0.2) is 6.29 Å². The number of nitrogens with one attached hydrogen (secondary N) is 1. The molecule has 0 saturated carbocycles. The molecule has 0 bridgehead atoms. The van der Waals surface area contributed by atoms with E-state index in [4.69, 9.17) is 14.6 Å². The topological polar surface area (TPSA) is 94.1 Å². The van der Waals surface area contributed by atoms with Crippen LogP contribution in [0.5, 0.6) is 0 Å². The summed E-state index contributed by atoms with van der Waals surface area (Å²) in [6, 6.07) is -0.351. The molecule has 0 aromatic rings. The largest absolute Gasteiger partial charge is 0.480 e. The summed E-state index contributed by atoms with van der Waals surface area (Å²) in [4.78, 5) is 21.3. The number of hydrogen-bond acceptors (Lipinski definition) is 5. The van der Waals surface area contributed by atoms with E-state index in [0.717, 1.165) is 0 Å². The number of aliphatic carboxylic acids is 1. The number of rotatable bonds is 8. The first kappa shape index (κ1) is 14.8. The second kappa shape index (κ2) is 8.03. The van der Waals surface area contributed by atoms with Crippen LogP contribution in [0.25, 0.3) is 0 Å². The van der Waals surface area contributed by atoms with Crippen LogP contribution < -0.4 is 5.32 Å². The minimum atomic E-state index is -1.12. The average Bonchev–Trinajstić information content (AvgIpc) is 2.18. The van der Waals surface area contributed by atoms with Gasteiger partial charge in [0.1, 0.15) is 13.2 Å². The first-order valence-corrected chi connectivity index (χ1v) is 4.65. The molecule has 0 rings (SSSR count). The normalized spacial score (nSPS) is 12.5. The highest BCUT2D eigenvalue weighted by Crippen LogP contribution is 1.98. The van der Waals surface area contributed by atoms with Gasteiger partial charge in [0.25, 0.3) is 0 Å². The van der Waals surface area contributed by atoms with Crippen molar-refractivity contribution >= 4 is 11.9 Å². The summed E-state index contributed by atoms with van der Waals surface area (Å²) in [5.74, 6) is -1.54. The Bertz CT molecular complexity index is 228. The third kappa shape index (κ3) is 6.33. The van der Waals surface area contributed by atoms with Gasteiger partial charge in [-0.2, -0.15) is 0 Å². The van der Waals surface area contributed by atoms with Crippen LogP contribution in [-0.2, 0) is 23.8 Å². The fraction of sp³-hybridized carbons (Fsp3) is 0.778. The number of methoxy groups -OCH3 is 2. The molecule has 0 saturated heterocycles. The predicted octanol–water partition coefficient (Wildman–Crippen LogP) is -0.789. The van der Waals surface area contributed by atoms with Crippen molar-refractivity contribution in [3.63, 3.8) is 0 Å². The molecule has 0 aliphatic heterocycles. The zero-order valence-electron chi connectivity index (χ0n) is 9.56. The number of carbonyl (C=O) groups is 2. The second-order valence-corrected chi connectivity index (χ2v) is 3.08. The molecule has 0 aromatic carbocycles. The van der Waals surface area contributed by atoms with E-state index in [1.807, 2.05) is 0 Å². The number of carboxylic acids is 1. The summed E-state index contributed by atoms with van der Waals surface area (Å²) < 4.78 is 14.5. The van der Waals surface area contributed by atoms with Gasteiger partial charge >= 0.3 is 5.97 Å². The number of ether oxygens (including phenoxy) is 3. The molecule has 0 aromatic heterocycles. The molecule has 0 aliphatic carbocycles. The highest BCUT2D eigenvalue weighted by atomic mass is 16.7. The van der Waals surface area contributed by atoms with Crippen LogP contribution in [0.3, 0.4) is 0 Å². The molecule has 0 heterocycles. The van der Waals surface area contributed by atoms with Gasteiger partial charge in [0.2, 0.25) is 5.91 Å². The number of hydrogen-bond donors (Lipinski definition) is 2. The van der Waals surface area contributed by atoms with Crippen LogP contribution in [0.1, 0.15) is 6.92 Å². The average molecular weight is 235 g/mol. The fourth-order valence-corrected chi connectivity index (χ4v) is 1.10. The van der Waals surface area contributed by atoms with Crippen LogP contribution in [0, 0.1) is 0 Å². The number of carbonyl (C=O) groups excluding carboxylic acids is 1. The van der Waals surface area contributed by atoms with Crippen LogP contribution in [0.2, 0.25) is 0 Å². The number of amides is 1. The molecule has 94 valence electrons. The van der Waals surface area contributed by atoms with E-state index in [1.165, 1.54) is 14.2 Å². The van der Waals surface area contributed by atoms with E-state index in [2.05, 4.69) is 10.1 Å². The molecule has 0 aliphatic rings. The standard InChI is InChI=1S/C9H17NO6/c1-6(9(14-2)15-3)10-7(11)4-16-5-8(12)13/h6,9H,4-5H2,1-3H3,(H,10,11)(H,12,13). The van der Waals surface area contributed by atoms with E-state index in [0.29, 0.717) is 0 Å². The predicted molar refractivity (Wildman–Crippen MR) is 53.9 cm³/mol. The third-order valence-corrected chi connectivity index (χ3v) is 1.72. The molecule has 1 atom stereocenters. The Hall–Kier alpha value is -1.18. The van der Waals surface area contributed by atoms with E-state index in [9.17, 15) is 9.59 Å². The molecule has 1 amide bonds. The summed E-state index contributed by atoms with van der Waals surface area (Å²) in [5.41, 5.74) is 0. The Kier molecular flexibility index (Phi) is 7.44. The van der Waals surface area contributed by atoms with E-state index < -0.39 is 24.8 Å². The lowest BCUT2D eigenvalue weighted by atomic mass is 10.3. The maximum Gasteiger partial charge on any atom is 0.329 e. The van der Waals surface area contributed by atoms with Crippen molar-refractivity contribution in [2.24, 2.45) is 0 Å². The monoisotopic (exact) mass is 235 g/mol. The van der Waals surface area contributed by atoms with Gasteiger partial charge in [-0.15, -0.1) is 0 Å². The summed E-state index contributed by atoms with van der Waals surface area (Å²) in [5, 5.41) is 10.8. The molecule has 1 unspecified atom stereocenters. The summed E-state index contributed by atoms with van der Waals surface area (Å²) >= 11 is 0. The van der Waals surface area contributed by atoms with Gasteiger partial charge in [-0.25, -0.2) is 4.79 Å². The van der Waals surface area contributed by atoms with Crippen molar-refractivity contribution in [2.45, 2.75) is 19.3 Å². The highest BCUT2D eigenvalue weighted by Gasteiger charge is 2.17. The van der Waals surface area contributed by atoms with Crippen LogP contribution in [-0.4, -0.2) is 56.7 Å². The third-order valence-electron chi connectivity index (χ3n) is 1.72. The van der Waals surface area contributed by atoms with Crippen molar-refractivity contribution in [2.75, 3.05) is 27.4 Å². The van der Waals surface area contributed by atoms with Gasteiger partial charge in [-0.1, -0.05) is 0 Å². The molecule has 0 radical (unpaired) electrons. The van der Waals surface area contributed by atoms with Crippen LogP contribution in [0.15, 0.2) is 0 Å². The Morgan fingerprint density at radius 2 is 1.81 bits per heavy atom. The first-order valence-electron chi connectivity index (χ1n) is 4.65. The second-order valence-electron chi connectivity index (χ2n) is 3.08. The molecule has 2 N–H and O–H groups in total. The fourth-order valence-electron chi connectivity index (χ4n) is 1.10. The first-order chi connectivity index (χ1) is 7.51. The minimum absolute atomic E-state index is 0.309. The molecular weight excluding hydrogens is 218 g/mol. The lowest BCUT2D eigenvalue weighted by Crippen LogP contribution is -2.44. The van der Waals surface area contributed by atoms with Crippen LogP contribution in [0.4, 0.5) is 0 Å². The highest BCUT2D eigenvalue weighted by molar-refractivity contribution is 5.78. The van der Waals surface area contributed by atoms with Gasteiger partial charge in [-0.3, -0.25) is 4.79 Å². The quantitative estimate of drug-likeness (QED) is 0.535. The molecular formula is C9H17NO6. The van der Waals surface area contributed by atoms with Crippen molar-refractivity contribution in [1.29, 1.82) is 0 Å². The molecule has 16 heavy (non-hydrogen) atoms. The maximum absolute atomic E-state index is 11.2. The van der Waals surface area contributed by atoms with Crippen molar-refractivity contribution in [1.82, 2.24) is 5.32 Å². The number of carboxylic acid groups (broad SMARTS) is 1. The minimum Gasteiger partial charge on any atom is -0.480 e. The van der Waals surface area contributed by atoms with Gasteiger partial charge in [0, 0.05) is 14.2 Å². The maximum atomic E-state index is 11.2. The summed E-state index contributed by atoms with van der Waals surface area (Å²) in [7, 11) is 2.91. The van der Waals surface area contributed by atoms with Crippen LogP contribution >= 0.6 is 0 Å². The molecule has 7 nitrogen and oxygen atoms in total. The van der Waals surface area contributed by atoms with Crippen molar-refractivity contribution < 1.29 is 28.9 Å². The van der Waals surface area contributed by atoms with Crippen molar-refractivity contribution in [3.05, 3.63) is 0 Å². The lowest BCUT2D eigenvalue weighted by molar-refractivity contribution is -0.145. The lowest BCUT2D eigenvalue weighted by Gasteiger charge is -2.21. The Morgan fingerprint density at radius 1 is 1.25 bits per heavy atom. The zero-order valence-corrected chi connectivity index (χ0v) is 9.56. The van der Waals surface area contributed by atoms with E-state index in [-0.39, 0.29) is 12.6 Å². The Labute approximate surface area is 93.7 Å². The molecule has 0 spiro atoms. The Morgan fingerprint density at radius 3 is 2.25 bits per heavy atom. The smallest absolute Gasteiger partial charge is 0.329 e. The summed E-state index contributed by atoms with van der Waals surface area (Å²) in [6.45, 7) is 0.892. The summed E-state index contributed by atoms with van der Waals surface area (Å²) in [6.07, 6.45) is -0.552.